The number of rotatable bonds is 2. The summed E-state index contributed by atoms with van der Waals surface area (Å²) in [5.41, 5.74) is 0.893. The molecule has 0 unspecified atom stereocenters. The van der Waals surface area contributed by atoms with E-state index < -0.39 is 0 Å². The molecular formula is C9H12ClNO. The highest BCUT2D eigenvalue weighted by Crippen LogP contribution is 2.22. The average molecular weight is 186 g/mol. The zero-order chi connectivity index (χ0) is 9.14. The molecule has 66 valence electrons. The molecule has 0 heterocycles. The molecule has 0 aliphatic carbocycles. The Kier molecular flexibility index (Phi) is 2.95. The van der Waals surface area contributed by atoms with Crippen LogP contribution in [0.4, 0.5) is 0 Å². The van der Waals surface area contributed by atoms with E-state index >= 15 is 0 Å². The Bertz CT molecular complexity index is 273. The van der Waals surface area contributed by atoms with Crippen molar-refractivity contribution in [1.82, 2.24) is 4.90 Å². The monoisotopic (exact) mass is 185 g/mol. The first-order chi connectivity index (χ1) is 5.59. The van der Waals surface area contributed by atoms with Crippen LogP contribution in [0.5, 0.6) is 5.75 Å². The van der Waals surface area contributed by atoms with E-state index in [0.717, 1.165) is 12.1 Å². The summed E-state index contributed by atoms with van der Waals surface area (Å²) in [5, 5.41) is 9.99. The maximum atomic E-state index is 9.43. The van der Waals surface area contributed by atoms with Crippen LogP contribution in [0.15, 0.2) is 18.2 Å². The lowest BCUT2D eigenvalue weighted by molar-refractivity contribution is 0.386. The molecule has 0 saturated heterocycles. The molecule has 0 atom stereocenters. The van der Waals surface area contributed by atoms with Crippen molar-refractivity contribution in [2.45, 2.75) is 6.54 Å². The number of hydrogen-bond donors (Lipinski definition) is 1. The lowest BCUT2D eigenvalue weighted by atomic mass is 10.2. The van der Waals surface area contributed by atoms with Gasteiger partial charge in [0.15, 0.2) is 0 Å². The number of halogens is 1. The summed E-state index contributed by atoms with van der Waals surface area (Å²) in [7, 11) is 3.90. The van der Waals surface area contributed by atoms with Crippen molar-refractivity contribution in [2.24, 2.45) is 0 Å². The number of benzene rings is 1. The van der Waals surface area contributed by atoms with Gasteiger partial charge in [0.05, 0.1) is 0 Å². The minimum atomic E-state index is 0.260. The van der Waals surface area contributed by atoms with Crippen molar-refractivity contribution in [1.29, 1.82) is 0 Å². The first kappa shape index (κ1) is 9.36. The van der Waals surface area contributed by atoms with E-state index in [2.05, 4.69) is 0 Å². The molecule has 0 radical (unpaired) electrons. The molecule has 1 aromatic carbocycles. The van der Waals surface area contributed by atoms with E-state index in [1.807, 2.05) is 25.1 Å². The summed E-state index contributed by atoms with van der Waals surface area (Å²) in [6, 6.07) is 5.16. The zero-order valence-electron chi connectivity index (χ0n) is 7.21. The first-order valence-corrected chi connectivity index (χ1v) is 4.09. The third-order valence-corrected chi connectivity index (χ3v) is 1.77. The van der Waals surface area contributed by atoms with Gasteiger partial charge in [0, 0.05) is 17.1 Å². The van der Waals surface area contributed by atoms with Crippen LogP contribution in [0.2, 0.25) is 5.02 Å². The summed E-state index contributed by atoms with van der Waals surface area (Å²) in [6.45, 7) is 0.725. The number of aromatic hydroxyl groups is 1. The topological polar surface area (TPSA) is 23.5 Å². The number of hydrogen-bond acceptors (Lipinski definition) is 2. The van der Waals surface area contributed by atoms with Crippen molar-refractivity contribution < 1.29 is 5.11 Å². The summed E-state index contributed by atoms with van der Waals surface area (Å²) in [4.78, 5) is 1.99. The SMILES string of the molecule is CN(C)Cc1ccc(Cl)cc1O. The number of phenolic OH excluding ortho intramolecular Hbond substituents is 1. The van der Waals surface area contributed by atoms with Crippen LogP contribution >= 0.6 is 11.6 Å². The largest absolute Gasteiger partial charge is 0.508 e. The fourth-order valence-electron chi connectivity index (χ4n) is 1.01. The Balaban J connectivity index is 2.86. The normalized spacial score (nSPS) is 10.7. The molecule has 0 aromatic heterocycles. The summed E-state index contributed by atoms with van der Waals surface area (Å²) in [5.74, 6) is 0.260. The highest BCUT2D eigenvalue weighted by Gasteiger charge is 2.01. The molecule has 0 spiro atoms. The van der Waals surface area contributed by atoms with Crippen LogP contribution in [0.25, 0.3) is 0 Å². The fraction of sp³-hybridized carbons (Fsp3) is 0.333. The van der Waals surface area contributed by atoms with E-state index in [1.165, 1.54) is 0 Å². The minimum absolute atomic E-state index is 0.260. The highest BCUT2D eigenvalue weighted by molar-refractivity contribution is 6.30. The van der Waals surface area contributed by atoms with Gasteiger partial charge in [-0.15, -0.1) is 0 Å². The van der Waals surface area contributed by atoms with Gasteiger partial charge in [-0.1, -0.05) is 17.7 Å². The van der Waals surface area contributed by atoms with Gasteiger partial charge < -0.3 is 10.0 Å². The summed E-state index contributed by atoms with van der Waals surface area (Å²) in [6.07, 6.45) is 0. The van der Waals surface area contributed by atoms with Gasteiger partial charge in [0.25, 0.3) is 0 Å². The van der Waals surface area contributed by atoms with Gasteiger partial charge in [-0.3, -0.25) is 0 Å². The molecule has 1 rings (SSSR count). The smallest absolute Gasteiger partial charge is 0.121 e. The molecule has 0 saturated carbocycles. The first-order valence-electron chi connectivity index (χ1n) is 3.71. The third kappa shape index (κ3) is 2.40. The second kappa shape index (κ2) is 3.78. The molecule has 0 aliphatic rings. The zero-order valence-corrected chi connectivity index (χ0v) is 7.97. The van der Waals surface area contributed by atoms with Gasteiger partial charge in [0.2, 0.25) is 0 Å². The molecular weight excluding hydrogens is 174 g/mol. The summed E-state index contributed by atoms with van der Waals surface area (Å²) < 4.78 is 0. The maximum Gasteiger partial charge on any atom is 0.121 e. The molecule has 1 N–H and O–H groups in total. The van der Waals surface area contributed by atoms with Crippen LogP contribution in [0, 0.1) is 0 Å². The van der Waals surface area contributed by atoms with Crippen molar-refractivity contribution in [3.63, 3.8) is 0 Å². The highest BCUT2D eigenvalue weighted by atomic mass is 35.5. The molecule has 12 heavy (non-hydrogen) atoms. The second-order valence-electron chi connectivity index (χ2n) is 3.01. The predicted octanol–water partition coefficient (Wildman–Crippen LogP) is 2.11. The van der Waals surface area contributed by atoms with Crippen LogP contribution in [0.3, 0.4) is 0 Å². The summed E-state index contributed by atoms with van der Waals surface area (Å²) >= 11 is 5.68. The maximum absolute atomic E-state index is 9.43. The van der Waals surface area contributed by atoms with Crippen LogP contribution in [-0.2, 0) is 6.54 Å². The fourth-order valence-corrected chi connectivity index (χ4v) is 1.18. The van der Waals surface area contributed by atoms with Gasteiger partial charge in [-0.2, -0.15) is 0 Å². The number of phenols is 1. The molecule has 0 amide bonds. The van der Waals surface area contributed by atoms with Gasteiger partial charge in [-0.25, -0.2) is 0 Å². The van der Waals surface area contributed by atoms with E-state index in [4.69, 9.17) is 11.6 Å². The lowest BCUT2D eigenvalue weighted by Gasteiger charge is -2.10. The Morgan fingerprint density at radius 1 is 1.42 bits per heavy atom. The van der Waals surface area contributed by atoms with Gasteiger partial charge >= 0.3 is 0 Å². The van der Waals surface area contributed by atoms with E-state index in [1.54, 1.807) is 12.1 Å². The molecule has 0 bridgehead atoms. The Hall–Kier alpha value is -0.730. The van der Waals surface area contributed by atoms with E-state index in [9.17, 15) is 5.11 Å². The molecule has 3 heteroatoms. The second-order valence-corrected chi connectivity index (χ2v) is 3.45. The van der Waals surface area contributed by atoms with Crippen molar-refractivity contribution in [2.75, 3.05) is 14.1 Å². The minimum Gasteiger partial charge on any atom is -0.508 e. The lowest BCUT2D eigenvalue weighted by Crippen LogP contribution is -2.10. The quantitative estimate of drug-likeness (QED) is 0.763. The van der Waals surface area contributed by atoms with Crippen LogP contribution < -0.4 is 0 Å². The van der Waals surface area contributed by atoms with Crippen molar-refractivity contribution >= 4 is 11.6 Å². The van der Waals surface area contributed by atoms with Gasteiger partial charge in [-0.05, 0) is 26.2 Å². The molecule has 1 aromatic rings. The standard InChI is InChI=1S/C9H12ClNO/c1-11(2)6-7-3-4-8(10)5-9(7)12/h3-5,12H,6H2,1-2H3. The number of nitrogens with zero attached hydrogens (tertiary/aromatic N) is 1. The van der Waals surface area contributed by atoms with Crippen LogP contribution in [-0.4, -0.2) is 24.1 Å². The molecule has 2 nitrogen and oxygen atoms in total. The predicted molar refractivity (Wildman–Crippen MR) is 50.5 cm³/mol. The Labute approximate surface area is 77.4 Å². The average Bonchev–Trinajstić information content (AvgIpc) is 1.94. The molecule has 0 aliphatic heterocycles. The Morgan fingerprint density at radius 2 is 2.08 bits per heavy atom. The van der Waals surface area contributed by atoms with Crippen molar-refractivity contribution in [3.8, 4) is 5.75 Å². The molecule has 0 fully saturated rings. The van der Waals surface area contributed by atoms with E-state index in [-0.39, 0.29) is 5.75 Å². The third-order valence-electron chi connectivity index (χ3n) is 1.53. The Morgan fingerprint density at radius 3 is 2.58 bits per heavy atom. The van der Waals surface area contributed by atoms with Gasteiger partial charge in [0.1, 0.15) is 5.75 Å². The van der Waals surface area contributed by atoms with Crippen molar-refractivity contribution in [3.05, 3.63) is 28.8 Å². The van der Waals surface area contributed by atoms with Crippen LogP contribution in [0.1, 0.15) is 5.56 Å². The van der Waals surface area contributed by atoms with E-state index in [0.29, 0.717) is 5.02 Å².